The molecular formula is C12H9ClF3N5. The Labute approximate surface area is 123 Å². The maximum atomic E-state index is 12.5. The van der Waals surface area contributed by atoms with Crippen LogP contribution >= 0.6 is 11.6 Å². The topological polar surface area (TPSA) is 54.3 Å². The summed E-state index contributed by atoms with van der Waals surface area (Å²) in [5.74, 6) is 0.448. The van der Waals surface area contributed by atoms with Crippen molar-refractivity contribution in [1.29, 1.82) is 0 Å². The lowest BCUT2D eigenvalue weighted by Gasteiger charge is -2.14. The SMILES string of the molecule is CN(N=Cc1ncccn1)c1ncc(C(F)(F)F)cc1Cl. The lowest BCUT2D eigenvalue weighted by atomic mass is 10.3. The Balaban J connectivity index is 2.20. The first-order valence-electron chi connectivity index (χ1n) is 5.65. The second-order valence-corrected chi connectivity index (χ2v) is 4.31. The second-order valence-electron chi connectivity index (χ2n) is 3.90. The monoisotopic (exact) mass is 315 g/mol. The maximum Gasteiger partial charge on any atom is 0.417 e. The van der Waals surface area contributed by atoms with Crippen molar-refractivity contribution >= 4 is 23.6 Å². The fraction of sp³-hybridized carbons (Fsp3) is 0.167. The van der Waals surface area contributed by atoms with Crippen LogP contribution in [0.25, 0.3) is 0 Å². The van der Waals surface area contributed by atoms with Crippen LogP contribution < -0.4 is 5.01 Å². The average molecular weight is 316 g/mol. The Morgan fingerprint density at radius 1 is 1.24 bits per heavy atom. The normalized spacial score (nSPS) is 11.9. The summed E-state index contributed by atoms with van der Waals surface area (Å²) in [5.41, 5.74) is -0.917. The third-order valence-electron chi connectivity index (χ3n) is 2.39. The van der Waals surface area contributed by atoms with E-state index < -0.39 is 11.7 Å². The highest BCUT2D eigenvalue weighted by Gasteiger charge is 2.31. The van der Waals surface area contributed by atoms with Crippen LogP contribution in [0.5, 0.6) is 0 Å². The van der Waals surface area contributed by atoms with Gasteiger partial charge >= 0.3 is 6.18 Å². The molecule has 0 N–H and O–H groups in total. The van der Waals surface area contributed by atoms with Crippen LogP contribution in [-0.2, 0) is 6.18 Å². The molecule has 0 atom stereocenters. The molecule has 0 amide bonds. The number of aromatic nitrogens is 3. The molecule has 0 unspecified atom stereocenters. The minimum atomic E-state index is -4.49. The number of nitrogens with zero attached hydrogens (tertiary/aromatic N) is 5. The van der Waals surface area contributed by atoms with Crippen molar-refractivity contribution < 1.29 is 13.2 Å². The Bertz CT molecular complexity index is 645. The van der Waals surface area contributed by atoms with Gasteiger partial charge in [0.25, 0.3) is 0 Å². The zero-order valence-corrected chi connectivity index (χ0v) is 11.5. The Morgan fingerprint density at radius 3 is 2.48 bits per heavy atom. The third kappa shape index (κ3) is 3.88. The summed E-state index contributed by atoms with van der Waals surface area (Å²) in [6, 6.07) is 2.45. The summed E-state index contributed by atoms with van der Waals surface area (Å²) < 4.78 is 37.5. The van der Waals surface area contributed by atoms with E-state index in [1.807, 2.05) is 0 Å². The highest BCUT2D eigenvalue weighted by molar-refractivity contribution is 6.33. The molecule has 110 valence electrons. The van der Waals surface area contributed by atoms with E-state index in [-0.39, 0.29) is 10.8 Å². The zero-order chi connectivity index (χ0) is 15.5. The van der Waals surface area contributed by atoms with E-state index in [4.69, 9.17) is 11.6 Å². The molecule has 21 heavy (non-hydrogen) atoms. The van der Waals surface area contributed by atoms with Crippen molar-refractivity contribution in [3.8, 4) is 0 Å². The van der Waals surface area contributed by atoms with E-state index in [0.29, 0.717) is 12.0 Å². The zero-order valence-electron chi connectivity index (χ0n) is 10.7. The third-order valence-corrected chi connectivity index (χ3v) is 2.67. The van der Waals surface area contributed by atoms with Crippen LogP contribution in [0.4, 0.5) is 19.0 Å². The van der Waals surface area contributed by atoms with Crippen molar-refractivity contribution in [2.45, 2.75) is 6.18 Å². The van der Waals surface area contributed by atoms with Gasteiger partial charge in [-0.15, -0.1) is 0 Å². The number of hydrogen-bond acceptors (Lipinski definition) is 5. The molecule has 0 radical (unpaired) electrons. The van der Waals surface area contributed by atoms with Gasteiger partial charge in [0.05, 0.1) is 16.8 Å². The first-order chi connectivity index (χ1) is 9.88. The molecule has 0 aliphatic carbocycles. The highest BCUT2D eigenvalue weighted by Crippen LogP contribution is 2.33. The number of anilines is 1. The molecule has 5 nitrogen and oxygen atoms in total. The van der Waals surface area contributed by atoms with Crippen LogP contribution in [0.2, 0.25) is 5.02 Å². The number of pyridine rings is 1. The van der Waals surface area contributed by atoms with Gasteiger partial charge in [-0.2, -0.15) is 18.3 Å². The number of hydrogen-bond donors (Lipinski definition) is 0. The van der Waals surface area contributed by atoms with Gasteiger partial charge < -0.3 is 0 Å². The highest BCUT2D eigenvalue weighted by atomic mass is 35.5. The van der Waals surface area contributed by atoms with Crippen LogP contribution in [-0.4, -0.2) is 28.2 Å². The molecule has 0 aliphatic rings. The average Bonchev–Trinajstić information content (AvgIpc) is 2.45. The molecule has 0 aromatic carbocycles. The van der Waals surface area contributed by atoms with Crippen molar-refractivity contribution in [3.05, 3.63) is 47.1 Å². The van der Waals surface area contributed by atoms with Crippen molar-refractivity contribution in [1.82, 2.24) is 15.0 Å². The Hall–Kier alpha value is -2.22. The van der Waals surface area contributed by atoms with Crippen LogP contribution in [0.1, 0.15) is 11.4 Å². The van der Waals surface area contributed by atoms with E-state index in [9.17, 15) is 13.2 Å². The van der Waals surface area contributed by atoms with E-state index in [1.165, 1.54) is 30.7 Å². The molecule has 0 saturated carbocycles. The fourth-order valence-electron chi connectivity index (χ4n) is 1.39. The molecule has 2 rings (SSSR count). The van der Waals surface area contributed by atoms with Crippen LogP contribution in [0.15, 0.2) is 35.8 Å². The van der Waals surface area contributed by atoms with Crippen molar-refractivity contribution in [3.63, 3.8) is 0 Å². The van der Waals surface area contributed by atoms with Crippen LogP contribution in [0, 0.1) is 0 Å². The predicted octanol–water partition coefficient (Wildman–Crippen LogP) is 3.01. The van der Waals surface area contributed by atoms with Gasteiger partial charge in [-0.3, -0.25) is 0 Å². The number of halogens is 4. The molecule has 0 fully saturated rings. The van der Waals surface area contributed by atoms with Gasteiger partial charge in [0.15, 0.2) is 11.6 Å². The number of hydrazone groups is 1. The minimum Gasteiger partial charge on any atom is -0.250 e. The van der Waals surface area contributed by atoms with Gasteiger partial charge in [-0.1, -0.05) is 11.6 Å². The molecule has 2 aromatic heterocycles. The Morgan fingerprint density at radius 2 is 1.90 bits per heavy atom. The second kappa shape index (κ2) is 6.04. The standard InChI is InChI=1S/C12H9ClF3N5/c1-21(20-7-10-17-3-2-4-18-10)11-9(13)5-8(6-19-11)12(14,15)16/h2-7H,1H3. The summed E-state index contributed by atoms with van der Waals surface area (Å²) in [6.07, 6.45) is 0.631. The summed E-state index contributed by atoms with van der Waals surface area (Å²) in [4.78, 5) is 11.5. The predicted molar refractivity (Wildman–Crippen MR) is 72.3 cm³/mol. The molecule has 0 saturated heterocycles. The number of alkyl halides is 3. The number of rotatable bonds is 3. The largest absolute Gasteiger partial charge is 0.417 e. The molecule has 9 heteroatoms. The van der Waals surface area contributed by atoms with E-state index in [0.717, 1.165) is 6.07 Å². The smallest absolute Gasteiger partial charge is 0.250 e. The van der Waals surface area contributed by atoms with E-state index in [1.54, 1.807) is 6.07 Å². The van der Waals surface area contributed by atoms with E-state index in [2.05, 4.69) is 20.1 Å². The van der Waals surface area contributed by atoms with Crippen molar-refractivity contribution in [2.75, 3.05) is 12.1 Å². The minimum absolute atomic E-state index is 0.0943. The van der Waals surface area contributed by atoms with Gasteiger partial charge in [0.2, 0.25) is 0 Å². The molecule has 2 aromatic rings. The maximum absolute atomic E-state index is 12.5. The molecular weight excluding hydrogens is 307 g/mol. The van der Waals surface area contributed by atoms with Gasteiger partial charge in [0, 0.05) is 25.6 Å². The summed E-state index contributed by atoms with van der Waals surface area (Å²) in [5, 5.41) is 5.05. The van der Waals surface area contributed by atoms with Crippen molar-refractivity contribution in [2.24, 2.45) is 5.10 Å². The fourth-order valence-corrected chi connectivity index (χ4v) is 1.68. The van der Waals surface area contributed by atoms with Gasteiger partial charge in [-0.25, -0.2) is 20.0 Å². The lowest BCUT2D eigenvalue weighted by Crippen LogP contribution is -2.13. The quantitative estimate of drug-likeness (QED) is 0.645. The first-order valence-corrected chi connectivity index (χ1v) is 6.03. The summed E-state index contributed by atoms with van der Waals surface area (Å²) in [7, 11) is 1.50. The molecule has 0 spiro atoms. The van der Waals surface area contributed by atoms with Gasteiger partial charge in [0.1, 0.15) is 0 Å². The summed E-state index contributed by atoms with van der Waals surface area (Å²) >= 11 is 5.80. The van der Waals surface area contributed by atoms with Gasteiger partial charge in [-0.05, 0) is 12.1 Å². The molecule has 0 bridgehead atoms. The lowest BCUT2D eigenvalue weighted by molar-refractivity contribution is -0.137. The van der Waals surface area contributed by atoms with Crippen LogP contribution in [0.3, 0.4) is 0 Å². The summed E-state index contributed by atoms with van der Waals surface area (Å²) in [6.45, 7) is 0. The Kier molecular flexibility index (Phi) is 4.37. The first kappa shape index (κ1) is 15.2. The van der Waals surface area contributed by atoms with E-state index >= 15 is 0 Å². The molecule has 2 heterocycles. The molecule has 0 aliphatic heterocycles.